The van der Waals surface area contributed by atoms with Gasteiger partial charge in [-0.15, -0.1) is 10.2 Å². The first-order valence-electron chi connectivity index (χ1n) is 10.5. The number of carbonyl (C=O) groups is 2. The van der Waals surface area contributed by atoms with Gasteiger partial charge in [-0.1, -0.05) is 30.7 Å². The van der Waals surface area contributed by atoms with Crippen LogP contribution < -0.4 is 10.1 Å². The highest BCUT2D eigenvalue weighted by molar-refractivity contribution is 5.95. The van der Waals surface area contributed by atoms with Crippen molar-refractivity contribution in [2.45, 2.75) is 38.5 Å². The van der Waals surface area contributed by atoms with Gasteiger partial charge in [0.05, 0.1) is 11.6 Å². The number of benzene rings is 1. The molecule has 32 heavy (non-hydrogen) atoms. The molecule has 0 saturated heterocycles. The third kappa shape index (κ3) is 4.74. The van der Waals surface area contributed by atoms with Crippen molar-refractivity contribution >= 4 is 17.6 Å². The molecule has 1 amide bonds. The molecule has 4 rings (SSSR count). The van der Waals surface area contributed by atoms with Crippen LogP contribution in [0.15, 0.2) is 36.5 Å². The maximum absolute atomic E-state index is 11.8. The van der Waals surface area contributed by atoms with Crippen LogP contribution in [0.25, 0.3) is 11.1 Å². The molecule has 0 aliphatic carbocycles. The molecule has 0 bridgehead atoms. The zero-order chi connectivity index (χ0) is 22.5. The fourth-order valence-electron chi connectivity index (χ4n) is 3.95. The number of nitrogens with one attached hydrogen (secondary N) is 2. The summed E-state index contributed by atoms with van der Waals surface area (Å²) in [6.45, 7) is 1.97. The molecule has 0 fully saturated rings. The average Bonchev–Trinajstić information content (AvgIpc) is 3.33. The van der Waals surface area contributed by atoms with Gasteiger partial charge in [0.2, 0.25) is 0 Å². The van der Waals surface area contributed by atoms with E-state index in [0.29, 0.717) is 36.5 Å². The van der Waals surface area contributed by atoms with E-state index in [9.17, 15) is 14.7 Å². The SMILES string of the molecule is CCCC(C(=O)O)C(CCc1ccc(-c2ccc3c(c2)OCC(=O)N3)cn1)c1nn[nH]n1. The molecule has 10 heteroatoms. The van der Waals surface area contributed by atoms with Crippen LogP contribution in [0.2, 0.25) is 0 Å². The number of hydrogen-bond donors (Lipinski definition) is 3. The van der Waals surface area contributed by atoms with E-state index in [1.54, 1.807) is 6.20 Å². The number of nitrogens with zero attached hydrogens (tertiary/aromatic N) is 4. The number of anilines is 1. The predicted molar refractivity (Wildman–Crippen MR) is 115 cm³/mol. The van der Waals surface area contributed by atoms with Crippen LogP contribution in [0.3, 0.4) is 0 Å². The number of fused-ring (bicyclic) bond motifs is 1. The summed E-state index contributed by atoms with van der Waals surface area (Å²) in [6.07, 6.45) is 4.22. The van der Waals surface area contributed by atoms with Crippen molar-refractivity contribution in [3.8, 4) is 16.9 Å². The van der Waals surface area contributed by atoms with Crippen molar-refractivity contribution in [2.75, 3.05) is 11.9 Å². The summed E-state index contributed by atoms with van der Waals surface area (Å²) in [5.74, 6) is -0.892. The lowest BCUT2D eigenvalue weighted by atomic mass is 9.84. The van der Waals surface area contributed by atoms with Crippen LogP contribution in [0.5, 0.6) is 5.75 Å². The zero-order valence-electron chi connectivity index (χ0n) is 17.6. The maximum atomic E-state index is 11.8. The van der Waals surface area contributed by atoms with Gasteiger partial charge in [-0.3, -0.25) is 14.6 Å². The Labute approximate surface area is 184 Å². The van der Waals surface area contributed by atoms with Crippen molar-refractivity contribution in [1.29, 1.82) is 0 Å². The summed E-state index contributed by atoms with van der Waals surface area (Å²) < 4.78 is 5.48. The van der Waals surface area contributed by atoms with Gasteiger partial charge >= 0.3 is 5.97 Å². The standard InChI is InChI=1S/C22H24N6O4/c1-2-3-17(22(30)31)16(21-25-27-28-26-21)8-7-15-6-4-14(11-23-15)13-5-9-18-19(10-13)32-12-20(29)24-18/h4-6,9-11,16-17H,2-3,7-8,12H2,1H3,(H,24,29)(H,30,31)(H,25,26,27,28). The second kappa shape index (κ2) is 9.54. The summed E-state index contributed by atoms with van der Waals surface area (Å²) in [4.78, 5) is 27.8. The van der Waals surface area contributed by atoms with Gasteiger partial charge in [0, 0.05) is 23.4 Å². The maximum Gasteiger partial charge on any atom is 0.307 e. The molecule has 166 valence electrons. The van der Waals surface area contributed by atoms with Crippen molar-refractivity contribution < 1.29 is 19.4 Å². The first-order chi connectivity index (χ1) is 15.5. The van der Waals surface area contributed by atoms with E-state index in [1.165, 1.54) is 0 Å². The number of carboxylic acid groups (broad SMARTS) is 1. The van der Waals surface area contributed by atoms with Crippen LogP contribution >= 0.6 is 0 Å². The number of aromatic amines is 1. The Bertz CT molecular complexity index is 1080. The highest BCUT2D eigenvalue weighted by atomic mass is 16.5. The number of pyridine rings is 1. The third-order valence-corrected chi connectivity index (χ3v) is 5.58. The van der Waals surface area contributed by atoms with Crippen molar-refractivity contribution in [1.82, 2.24) is 25.6 Å². The van der Waals surface area contributed by atoms with Gasteiger partial charge in [0.1, 0.15) is 5.75 Å². The monoisotopic (exact) mass is 436 g/mol. The molecule has 1 aromatic carbocycles. The van der Waals surface area contributed by atoms with Gasteiger partial charge in [-0.2, -0.15) is 5.21 Å². The molecule has 3 heterocycles. The molecule has 0 saturated carbocycles. The van der Waals surface area contributed by atoms with Gasteiger partial charge < -0.3 is 15.2 Å². The average molecular weight is 436 g/mol. The molecule has 2 aromatic heterocycles. The topological polar surface area (TPSA) is 143 Å². The molecule has 3 N–H and O–H groups in total. The Balaban J connectivity index is 1.47. The fraction of sp³-hybridized carbons (Fsp3) is 0.364. The molecule has 1 aliphatic rings. The molecular formula is C22H24N6O4. The zero-order valence-corrected chi connectivity index (χ0v) is 17.6. The Morgan fingerprint density at radius 1 is 1.22 bits per heavy atom. The number of ether oxygens (including phenoxy) is 1. The first-order valence-corrected chi connectivity index (χ1v) is 10.5. The van der Waals surface area contributed by atoms with Gasteiger partial charge in [0.25, 0.3) is 5.91 Å². The van der Waals surface area contributed by atoms with E-state index in [0.717, 1.165) is 23.2 Å². The number of aryl methyl sites for hydroxylation is 1. The van der Waals surface area contributed by atoms with E-state index >= 15 is 0 Å². The molecule has 0 radical (unpaired) electrons. The van der Waals surface area contributed by atoms with Crippen LogP contribution in [-0.4, -0.2) is 49.2 Å². The smallest absolute Gasteiger partial charge is 0.307 e. The number of aromatic nitrogens is 5. The molecule has 0 spiro atoms. The van der Waals surface area contributed by atoms with Crippen LogP contribution in [0, 0.1) is 5.92 Å². The van der Waals surface area contributed by atoms with E-state index < -0.39 is 11.9 Å². The summed E-state index contributed by atoms with van der Waals surface area (Å²) in [6, 6.07) is 9.49. The van der Waals surface area contributed by atoms with E-state index in [1.807, 2.05) is 37.3 Å². The quantitative estimate of drug-likeness (QED) is 0.465. The highest BCUT2D eigenvalue weighted by Crippen LogP contribution is 2.33. The number of hydrogen-bond acceptors (Lipinski definition) is 7. The molecule has 3 aromatic rings. The van der Waals surface area contributed by atoms with Crippen LogP contribution in [-0.2, 0) is 16.0 Å². The summed E-state index contributed by atoms with van der Waals surface area (Å²) in [5, 5.41) is 26.6. The highest BCUT2D eigenvalue weighted by Gasteiger charge is 2.31. The van der Waals surface area contributed by atoms with Gasteiger partial charge in [0.15, 0.2) is 12.4 Å². The molecule has 10 nitrogen and oxygen atoms in total. The Morgan fingerprint density at radius 2 is 2.06 bits per heavy atom. The Morgan fingerprint density at radius 3 is 2.75 bits per heavy atom. The lowest BCUT2D eigenvalue weighted by Crippen LogP contribution is -2.25. The number of aliphatic carboxylic acids is 1. The minimum Gasteiger partial charge on any atom is -0.482 e. The molecule has 2 unspecified atom stereocenters. The number of amides is 1. The number of tetrazole rings is 1. The Hall–Kier alpha value is -3.82. The van der Waals surface area contributed by atoms with Gasteiger partial charge in [-0.25, -0.2) is 0 Å². The minimum absolute atomic E-state index is 0.00452. The predicted octanol–water partition coefficient (Wildman–Crippen LogP) is 2.81. The first kappa shape index (κ1) is 21.4. The van der Waals surface area contributed by atoms with Gasteiger partial charge in [-0.05, 0) is 43.0 Å². The lowest BCUT2D eigenvalue weighted by molar-refractivity contribution is -0.143. The van der Waals surface area contributed by atoms with Crippen molar-refractivity contribution in [2.24, 2.45) is 5.92 Å². The normalized spacial score (nSPS) is 14.7. The van der Waals surface area contributed by atoms with E-state index in [2.05, 4.69) is 30.9 Å². The van der Waals surface area contributed by atoms with Crippen molar-refractivity contribution in [3.63, 3.8) is 0 Å². The summed E-state index contributed by atoms with van der Waals surface area (Å²) >= 11 is 0. The number of carboxylic acids is 1. The second-order valence-electron chi connectivity index (χ2n) is 7.73. The largest absolute Gasteiger partial charge is 0.482 e. The van der Waals surface area contributed by atoms with Crippen LogP contribution in [0.4, 0.5) is 5.69 Å². The summed E-state index contributed by atoms with van der Waals surface area (Å²) in [7, 11) is 0. The lowest BCUT2D eigenvalue weighted by Gasteiger charge is -2.20. The molecule has 1 aliphatic heterocycles. The molecular weight excluding hydrogens is 412 g/mol. The number of H-pyrrole nitrogens is 1. The number of carbonyl (C=O) groups excluding carboxylic acids is 1. The second-order valence-corrected chi connectivity index (χ2v) is 7.73. The third-order valence-electron chi connectivity index (χ3n) is 5.58. The van der Waals surface area contributed by atoms with E-state index in [4.69, 9.17) is 4.74 Å². The number of rotatable bonds is 9. The summed E-state index contributed by atoms with van der Waals surface area (Å²) in [5.41, 5.74) is 3.35. The fourth-order valence-corrected chi connectivity index (χ4v) is 3.95. The molecule has 2 atom stereocenters. The minimum atomic E-state index is -0.851. The van der Waals surface area contributed by atoms with Crippen molar-refractivity contribution in [3.05, 3.63) is 48.0 Å². The van der Waals surface area contributed by atoms with E-state index in [-0.39, 0.29) is 18.4 Å². The Kier molecular flexibility index (Phi) is 6.39. The van der Waals surface area contributed by atoms with Crippen LogP contribution in [0.1, 0.15) is 43.6 Å².